The maximum atomic E-state index is 6.07. The lowest BCUT2D eigenvalue weighted by Crippen LogP contribution is -2.31. The third-order valence-electron chi connectivity index (χ3n) is 5.02. The lowest BCUT2D eigenvalue weighted by Gasteiger charge is -2.24. The fourth-order valence-electron chi connectivity index (χ4n) is 3.54. The van der Waals surface area contributed by atoms with Crippen LogP contribution >= 0.6 is 0 Å². The van der Waals surface area contributed by atoms with Crippen molar-refractivity contribution in [2.45, 2.75) is 39.5 Å². The van der Waals surface area contributed by atoms with Crippen molar-refractivity contribution >= 4 is 11.0 Å². The van der Waals surface area contributed by atoms with E-state index in [-0.39, 0.29) is 6.04 Å². The highest BCUT2D eigenvalue weighted by molar-refractivity contribution is 5.82. The maximum Gasteiger partial charge on any atom is 0.134 e. The maximum absolute atomic E-state index is 6.07. The summed E-state index contributed by atoms with van der Waals surface area (Å²) in [5, 5.41) is 9.32. The SMILES string of the molecule is Cc1c(C(C)NCc2cnn3c2CN(C)CC3)oc2ccccc12. The van der Waals surface area contributed by atoms with Gasteiger partial charge in [-0.3, -0.25) is 9.58 Å². The van der Waals surface area contributed by atoms with Crippen LogP contribution in [0.25, 0.3) is 11.0 Å². The summed E-state index contributed by atoms with van der Waals surface area (Å²) < 4.78 is 8.20. The molecule has 1 atom stereocenters. The van der Waals surface area contributed by atoms with Crippen LogP contribution in [-0.2, 0) is 19.6 Å². The second kappa shape index (κ2) is 6.07. The van der Waals surface area contributed by atoms with Crippen molar-refractivity contribution in [3.63, 3.8) is 0 Å². The minimum atomic E-state index is 0.161. The Bertz CT molecular complexity index is 864. The molecule has 24 heavy (non-hydrogen) atoms. The van der Waals surface area contributed by atoms with Gasteiger partial charge in [-0.05, 0) is 32.5 Å². The minimum Gasteiger partial charge on any atom is -0.459 e. The van der Waals surface area contributed by atoms with Crippen LogP contribution < -0.4 is 5.32 Å². The zero-order valence-corrected chi connectivity index (χ0v) is 14.5. The predicted molar refractivity (Wildman–Crippen MR) is 94.8 cm³/mol. The second-order valence-corrected chi connectivity index (χ2v) is 6.77. The van der Waals surface area contributed by atoms with Gasteiger partial charge in [0.2, 0.25) is 0 Å². The molecule has 0 spiro atoms. The van der Waals surface area contributed by atoms with E-state index in [2.05, 4.69) is 53.0 Å². The summed E-state index contributed by atoms with van der Waals surface area (Å²) in [7, 11) is 2.16. The number of benzene rings is 1. The number of fused-ring (bicyclic) bond motifs is 2. The molecule has 1 aromatic carbocycles. The summed E-state index contributed by atoms with van der Waals surface area (Å²) in [6, 6.07) is 8.39. The predicted octanol–water partition coefficient (Wildman–Crippen LogP) is 3.23. The molecule has 1 unspecified atom stereocenters. The molecule has 2 aromatic heterocycles. The van der Waals surface area contributed by atoms with Gasteiger partial charge in [-0.25, -0.2) is 0 Å². The van der Waals surface area contributed by atoms with E-state index in [1.54, 1.807) is 0 Å². The summed E-state index contributed by atoms with van der Waals surface area (Å²) >= 11 is 0. The van der Waals surface area contributed by atoms with E-state index in [9.17, 15) is 0 Å². The van der Waals surface area contributed by atoms with Gasteiger partial charge in [-0.2, -0.15) is 5.10 Å². The summed E-state index contributed by atoms with van der Waals surface area (Å²) in [4.78, 5) is 2.34. The van der Waals surface area contributed by atoms with Gasteiger partial charge in [0.15, 0.2) is 0 Å². The highest BCUT2D eigenvalue weighted by Crippen LogP contribution is 2.29. The Kier molecular flexibility index (Phi) is 3.90. The highest BCUT2D eigenvalue weighted by atomic mass is 16.3. The van der Waals surface area contributed by atoms with Crippen molar-refractivity contribution in [2.75, 3.05) is 13.6 Å². The smallest absolute Gasteiger partial charge is 0.134 e. The van der Waals surface area contributed by atoms with Gasteiger partial charge >= 0.3 is 0 Å². The van der Waals surface area contributed by atoms with Crippen molar-refractivity contribution in [1.82, 2.24) is 20.0 Å². The largest absolute Gasteiger partial charge is 0.459 e. The molecule has 5 heteroatoms. The number of hydrogen-bond donors (Lipinski definition) is 1. The summed E-state index contributed by atoms with van der Waals surface area (Å²) in [5.74, 6) is 1.02. The third-order valence-corrected chi connectivity index (χ3v) is 5.02. The van der Waals surface area contributed by atoms with Gasteiger partial charge in [0.05, 0.1) is 24.5 Å². The van der Waals surface area contributed by atoms with Crippen molar-refractivity contribution < 1.29 is 4.42 Å². The number of furan rings is 1. The molecule has 1 aliphatic rings. The number of rotatable bonds is 4. The van der Waals surface area contributed by atoms with Crippen molar-refractivity contribution in [3.05, 3.63) is 53.0 Å². The van der Waals surface area contributed by atoms with E-state index < -0.39 is 0 Å². The van der Waals surface area contributed by atoms with Crippen LogP contribution in [0.15, 0.2) is 34.9 Å². The van der Waals surface area contributed by atoms with Gasteiger partial charge in [0, 0.05) is 30.6 Å². The van der Waals surface area contributed by atoms with Gasteiger partial charge in [-0.15, -0.1) is 0 Å². The molecule has 1 N–H and O–H groups in total. The number of nitrogens with zero attached hydrogens (tertiary/aromatic N) is 3. The van der Waals surface area contributed by atoms with Crippen molar-refractivity contribution in [1.29, 1.82) is 0 Å². The van der Waals surface area contributed by atoms with Gasteiger partial charge in [-0.1, -0.05) is 18.2 Å². The highest BCUT2D eigenvalue weighted by Gasteiger charge is 2.20. The number of likely N-dealkylation sites (N-methyl/N-ethyl adjacent to an activating group) is 1. The van der Waals surface area contributed by atoms with Crippen LogP contribution in [-0.4, -0.2) is 28.3 Å². The molecule has 4 rings (SSSR count). The first-order chi connectivity index (χ1) is 11.6. The first kappa shape index (κ1) is 15.4. The van der Waals surface area contributed by atoms with Crippen molar-refractivity contribution in [2.24, 2.45) is 0 Å². The van der Waals surface area contributed by atoms with Gasteiger partial charge in [0.1, 0.15) is 11.3 Å². The number of hydrogen-bond acceptors (Lipinski definition) is 4. The number of aryl methyl sites for hydroxylation is 1. The van der Waals surface area contributed by atoms with Crippen LogP contribution in [0, 0.1) is 6.92 Å². The molecule has 0 saturated heterocycles. The number of aromatic nitrogens is 2. The topological polar surface area (TPSA) is 46.2 Å². The Balaban J connectivity index is 1.51. The summed E-state index contributed by atoms with van der Waals surface area (Å²) in [5.41, 5.74) is 4.79. The lowest BCUT2D eigenvalue weighted by molar-refractivity contribution is 0.257. The molecule has 0 fully saturated rings. The fourth-order valence-corrected chi connectivity index (χ4v) is 3.54. The Morgan fingerprint density at radius 2 is 2.12 bits per heavy atom. The average Bonchev–Trinajstić information content (AvgIpc) is 3.14. The van der Waals surface area contributed by atoms with Crippen LogP contribution in [0.2, 0.25) is 0 Å². The monoisotopic (exact) mass is 324 g/mol. The minimum absolute atomic E-state index is 0.161. The van der Waals surface area contributed by atoms with E-state index in [1.807, 2.05) is 18.3 Å². The van der Waals surface area contributed by atoms with E-state index in [4.69, 9.17) is 4.42 Å². The standard InChI is InChI=1S/C19H24N4O/c1-13-16-6-4-5-7-18(16)24-19(13)14(2)20-10-15-11-21-23-9-8-22(3)12-17(15)23/h4-7,11,14,20H,8-10,12H2,1-3H3. The zero-order chi connectivity index (χ0) is 16.7. The van der Waals surface area contributed by atoms with E-state index in [0.29, 0.717) is 0 Å². The van der Waals surface area contributed by atoms with Crippen LogP contribution in [0.3, 0.4) is 0 Å². The van der Waals surface area contributed by atoms with Crippen LogP contribution in [0.4, 0.5) is 0 Å². The van der Waals surface area contributed by atoms with E-state index in [1.165, 1.54) is 22.2 Å². The molecule has 3 aromatic rings. The first-order valence-electron chi connectivity index (χ1n) is 8.57. The third kappa shape index (κ3) is 2.64. The molecule has 126 valence electrons. The summed E-state index contributed by atoms with van der Waals surface area (Å²) in [6.07, 6.45) is 2.00. The normalized spacial score (nSPS) is 16.5. The molecule has 0 aliphatic carbocycles. The Hall–Kier alpha value is -2.11. The van der Waals surface area contributed by atoms with Crippen LogP contribution in [0.5, 0.6) is 0 Å². The summed E-state index contributed by atoms with van der Waals surface area (Å²) in [6.45, 7) is 8.11. The van der Waals surface area contributed by atoms with E-state index in [0.717, 1.165) is 37.5 Å². The Morgan fingerprint density at radius 1 is 1.29 bits per heavy atom. The second-order valence-electron chi connectivity index (χ2n) is 6.77. The molecule has 0 bridgehead atoms. The molecule has 0 saturated carbocycles. The number of para-hydroxylation sites is 1. The molecule has 3 heterocycles. The molecule has 5 nitrogen and oxygen atoms in total. The molecule has 0 radical (unpaired) electrons. The van der Waals surface area contributed by atoms with Gasteiger partial charge < -0.3 is 9.73 Å². The quantitative estimate of drug-likeness (QED) is 0.800. The first-order valence-corrected chi connectivity index (χ1v) is 8.57. The Morgan fingerprint density at radius 3 is 2.96 bits per heavy atom. The Labute approximate surface area is 142 Å². The average molecular weight is 324 g/mol. The van der Waals surface area contributed by atoms with E-state index >= 15 is 0 Å². The molecular weight excluding hydrogens is 300 g/mol. The van der Waals surface area contributed by atoms with Crippen LogP contribution in [0.1, 0.15) is 35.5 Å². The van der Waals surface area contributed by atoms with Gasteiger partial charge in [0.25, 0.3) is 0 Å². The lowest BCUT2D eigenvalue weighted by atomic mass is 10.1. The van der Waals surface area contributed by atoms with Crippen molar-refractivity contribution in [3.8, 4) is 0 Å². The molecular formula is C19H24N4O. The zero-order valence-electron chi connectivity index (χ0n) is 14.5. The number of nitrogens with one attached hydrogen (secondary N) is 1. The molecule has 0 amide bonds. The molecule has 1 aliphatic heterocycles. The fraction of sp³-hybridized carbons (Fsp3) is 0.421.